The molecule has 25 heavy (non-hydrogen) atoms. The second-order valence-corrected chi connectivity index (χ2v) is 7.07. The van der Waals surface area contributed by atoms with E-state index in [0.29, 0.717) is 13.1 Å². The van der Waals surface area contributed by atoms with E-state index in [1.54, 1.807) is 0 Å². The van der Waals surface area contributed by atoms with Gasteiger partial charge in [-0.15, -0.1) is 0 Å². The number of nitrogens with zero attached hydrogens (tertiary/aromatic N) is 4. The minimum Gasteiger partial charge on any atom is -0.339 e. The molecule has 0 N–H and O–H groups in total. The number of imidazole rings is 1. The number of carbonyl (C=O) groups excluding carboxylic acids is 1. The highest BCUT2D eigenvalue weighted by Crippen LogP contribution is 2.23. The molecule has 1 amide bonds. The zero-order chi connectivity index (χ0) is 17.4. The van der Waals surface area contributed by atoms with Crippen LogP contribution in [0.25, 0.3) is 11.0 Å². The van der Waals surface area contributed by atoms with Crippen molar-refractivity contribution < 1.29 is 4.79 Å². The first-order valence-corrected chi connectivity index (χ1v) is 9.14. The van der Waals surface area contributed by atoms with E-state index in [0.717, 1.165) is 40.1 Å². The number of aromatic nitrogens is 2. The molecule has 4 rings (SSSR count). The van der Waals surface area contributed by atoms with Crippen molar-refractivity contribution in [2.45, 2.75) is 0 Å². The van der Waals surface area contributed by atoms with Crippen molar-refractivity contribution >= 4 is 38.8 Å². The third-order valence-electron chi connectivity index (χ3n) is 4.72. The van der Waals surface area contributed by atoms with Crippen LogP contribution in [0.3, 0.4) is 0 Å². The topological polar surface area (TPSA) is 41.4 Å². The first-order valence-electron chi connectivity index (χ1n) is 8.35. The Morgan fingerprint density at radius 2 is 1.68 bits per heavy atom. The van der Waals surface area contributed by atoms with E-state index < -0.39 is 0 Å². The molecule has 0 aliphatic carbocycles. The van der Waals surface area contributed by atoms with Crippen LogP contribution in [0.15, 0.2) is 53.0 Å². The largest absolute Gasteiger partial charge is 0.339 e. The lowest BCUT2D eigenvalue weighted by atomic mass is 10.2. The number of carbonyl (C=O) groups is 1. The number of benzene rings is 2. The summed E-state index contributed by atoms with van der Waals surface area (Å²) in [6, 6.07) is 15.7. The number of piperazine rings is 1. The lowest BCUT2D eigenvalue weighted by Crippen LogP contribution is -2.49. The molecule has 3 aromatic rings. The van der Waals surface area contributed by atoms with Gasteiger partial charge in [0.25, 0.3) is 5.91 Å². The SMILES string of the molecule is Cn1c(N2CCN(C(=O)c3ccccc3Br)CC2)nc2ccccc21. The summed E-state index contributed by atoms with van der Waals surface area (Å²) in [5, 5.41) is 0. The molecule has 1 fully saturated rings. The molecule has 2 aromatic carbocycles. The molecule has 0 atom stereocenters. The third-order valence-corrected chi connectivity index (χ3v) is 5.41. The zero-order valence-electron chi connectivity index (χ0n) is 14.0. The van der Waals surface area contributed by atoms with Crippen LogP contribution in [0.1, 0.15) is 10.4 Å². The van der Waals surface area contributed by atoms with Crippen molar-refractivity contribution in [3.63, 3.8) is 0 Å². The average molecular weight is 399 g/mol. The summed E-state index contributed by atoms with van der Waals surface area (Å²) >= 11 is 3.47. The number of halogens is 1. The number of anilines is 1. The molecule has 1 aliphatic heterocycles. The molecule has 6 heteroatoms. The van der Waals surface area contributed by atoms with Crippen LogP contribution in [-0.2, 0) is 7.05 Å². The van der Waals surface area contributed by atoms with Gasteiger partial charge in [0, 0.05) is 37.7 Å². The van der Waals surface area contributed by atoms with E-state index >= 15 is 0 Å². The number of hydrogen-bond acceptors (Lipinski definition) is 3. The summed E-state index contributed by atoms with van der Waals surface area (Å²) in [4.78, 5) is 21.7. The standard InChI is InChI=1S/C19H19BrN4O/c1-22-17-9-5-4-8-16(17)21-19(22)24-12-10-23(11-13-24)18(25)14-6-2-3-7-15(14)20/h2-9H,10-13H2,1H3. The van der Waals surface area contributed by atoms with Gasteiger partial charge in [-0.2, -0.15) is 0 Å². The summed E-state index contributed by atoms with van der Waals surface area (Å²) in [6.45, 7) is 2.97. The Kier molecular flexibility index (Phi) is 4.21. The Labute approximate surface area is 155 Å². The summed E-state index contributed by atoms with van der Waals surface area (Å²) in [5.74, 6) is 1.05. The summed E-state index contributed by atoms with van der Waals surface area (Å²) < 4.78 is 2.97. The van der Waals surface area contributed by atoms with Crippen LogP contribution in [0.2, 0.25) is 0 Å². The second-order valence-electron chi connectivity index (χ2n) is 6.22. The molecular weight excluding hydrogens is 380 g/mol. The van der Waals surface area contributed by atoms with Gasteiger partial charge in [0.2, 0.25) is 5.95 Å². The van der Waals surface area contributed by atoms with E-state index in [1.165, 1.54) is 0 Å². The van der Waals surface area contributed by atoms with Gasteiger partial charge in [0.15, 0.2) is 0 Å². The second kappa shape index (κ2) is 6.52. The van der Waals surface area contributed by atoms with Crippen molar-refractivity contribution in [2.75, 3.05) is 31.1 Å². The van der Waals surface area contributed by atoms with Gasteiger partial charge in [0.05, 0.1) is 16.6 Å². The fourth-order valence-electron chi connectivity index (χ4n) is 3.33. The highest BCUT2D eigenvalue weighted by atomic mass is 79.9. The summed E-state index contributed by atoms with van der Waals surface area (Å²) in [5.41, 5.74) is 2.86. The van der Waals surface area contributed by atoms with Crippen molar-refractivity contribution in [1.82, 2.24) is 14.5 Å². The number of aryl methyl sites for hydroxylation is 1. The summed E-state index contributed by atoms with van der Waals surface area (Å²) in [6.07, 6.45) is 0. The molecule has 0 saturated carbocycles. The molecule has 1 saturated heterocycles. The highest BCUT2D eigenvalue weighted by molar-refractivity contribution is 9.10. The normalized spacial score (nSPS) is 15.0. The fourth-order valence-corrected chi connectivity index (χ4v) is 3.78. The molecule has 0 spiro atoms. The van der Waals surface area contributed by atoms with Crippen molar-refractivity contribution in [2.24, 2.45) is 7.05 Å². The van der Waals surface area contributed by atoms with Crippen LogP contribution in [0.4, 0.5) is 5.95 Å². The molecule has 128 valence electrons. The van der Waals surface area contributed by atoms with Crippen LogP contribution in [0.5, 0.6) is 0 Å². The van der Waals surface area contributed by atoms with Crippen molar-refractivity contribution in [1.29, 1.82) is 0 Å². The maximum atomic E-state index is 12.7. The monoisotopic (exact) mass is 398 g/mol. The quantitative estimate of drug-likeness (QED) is 0.664. The number of amides is 1. The number of hydrogen-bond donors (Lipinski definition) is 0. The van der Waals surface area contributed by atoms with E-state index in [1.807, 2.05) is 54.4 Å². The lowest BCUT2D eigenvalue weighted by molar-refractivity contribution is 0.0745. The van der Waals surface area contributed by atoms with Crippen LogP contribution >= 0.6 is 15.9 Å². The molecule has 5 nitrogen and oxygen atoms in total. The van der Waals surface area contributed by atoms with Crippen molar-refractivity contribution in [3.05, 3.63) is 58.6 Å². The van der Waals surface area contributed by atoms with Gasteiger partial charge in [-0.25, -0.2) is 4.98 Å². The van der Waals surface area contributed by atoms with Gasteiger partial charge < -0.3 is 14.4 Å². The average Bonchev–Trinajstić information content (AvgIpc) is 2.99. The number of para-hydroxylation sites is 2. The fraction of sp³-hybridized carbons (Fsp3) is 0.263. The Hall–Kier alpha value is -2.34. The maximum Gasteiger partial charge on any atom is 0.255 e. The highest BCUT2D eigenvalue weighted by Gasteiger charge is 2.25. The van der Waals surface area contributed by atoms with Gasteiger partial charge in [-0.1, -0.05) is 24.3 Å². The van der Waals surface area contributed by atoms with E-state index in [4.69, 9.17) is 4.98 Å². The molecular formula is C19H19BrN4O. The summed E-state index contributed by atoms with van der Waals surface area (Å²) in [7, 11) is 2.04. The molecule has 2 heterocycles. The van der Waals surface area contributed by atoms with E-state index in [2.05, 4.69) is 31.5 Å². The number of rotatable bonds is 2. The first kappa shape index (κ1) is 16.1. The molecule has 0 bridgehead atoms. The minimum atomic E-state index is 0.0807. The number of fused-ring (bicyclic) bond motifs is 1. The molecule has 1 aliphatic rings. The van der Waals surface area contributed by atoms with Gasteiger partial charge >= 0.3 is 0 Å². The Balaban J connectivity index is 1.50. The Morgan fingerprint density at radius 1 is 1.00 bits per heavy atom. The maximum absolute atomic E-state index is 12.7. The van der Waals surface area contributed by atoms with Gasteiger partial charge in [0.1, 0.15) is 0 Å². The lowest BCUT2D eigenvalue weighted by Gasteiger charge is -2.35. The molecule has 0 unspecified atom stereocenters. The van der Waals surface area contributed by atoms with Crippen molar-refractivity contribution in [3.8, 4) is 0 Å². The van der Waals surface area contributed by atoms with Gasteiger partial charge in [-0.3, -0.25) is 4.79 Å². The third kappa shape index (κ3) is 2.91. The predicted molar refractivity (Wildman–Crippen MR) is 103 cm³/mol. The van der Waals surface area contributed by atoms with Gasteiger partial charge in [-0.05, 0) is 40.2 Å². The van der Waals surface area contributed by atoms with Crippen LogP contribution in [0, 0.1) is 0 Å². The first-order chi connectivity index (χ1) is 12.1. The zero-order valence-corrected chi connectivity index (χ0v) is 15.6. The van der Waals surface area contributed by atoms with Crippen LogP contribution < -0.4 is 4.90 Å². The van der Waals surface area contributed by atoms with E-state index in [-0.39, 0.29) is 5.91 Å². The van der Waals surface area contributed by atoms with Crippen LogP contribution in [-0.4, -0.2) is 46.5 Å². The minimum absolute atomic E-state index is 0.0807. The molecule has 1 aromatic heterocycles. The Morgan fingerprint density at radius 3 is 2.40 bits per heavy atom. The van der Waals surface area contributed by atoms with E-state index in [9.17, 15) is 4.79 Å². The molecule has 0 radical (unpaired) electrons. The Bertz CT molecular complexity index is 928. The predicted octanol–water partition coefficient (Wildman–Crippen LogP) is 3.30. The smallest absolute Gasteiger partial charge is 0.255 e.